The number of ether oxygens (including phenoxy) is 3. The van der Waals surface area contributed by atoms with Crippen LogP contribution in [0.2, 0.25) is 0 Å². The van der Waals surface area contributed by atoms with Crippen molar-refractivity contribution in [2.24, 2.45) is 0 Å². The Morgan fingerprint density at radius 2 is 1.71 bits per heavy atom. The summed E-state index contributed by atoms with van der Waals surface area (Å²) >= 11 is 3.55. The van der Waals surface area contributed by atoms with Crippen molar-refractivity contribution in [2.75, 3.05) is 19.5 Å². The Hall–Kier alpha value is -3.78. The molecule has 7 nitrogen and oxygen atoms in total. The highest BCUT2D eigenvalue weighted by molar-refractivity contribution is 9.10. The van der Waals surface area contributed by atoms with Gasteiger partial charge in [-0.05, 0) is 42.0 Å². The van der Waals surface area contributed by atoms with Crippen LogP contribution in [0.25, 0.3) is 5.70 Å². The molecule has 0 bridgehead atoms. The Bertz CT molecular complexity index is 1410. The molecule has 1 N–H and O–H groups in total. The first-order valence-corrected chi connectivity index (χ1v) is 11.6. The second-order valence-corrected chi connectivity index (χ2v) is 8.96. The molecule has 6 rings (SSSR count). The molecule has 3 aromatic carbocycles. The van der Waals surface area contributed by atoms with Crippen LogP contribution in [0.3, 0.4) is 0 Å². The number of halogens is 1. The van der Waals surface area contributed by atoms with Gasteiger partial charge in [-0.1, -0.05) is 46.3 Å². The number of aromatic nitrogens is 3. The molecule has 0 amide bonds. The van der Waals surface area contributed by atoms with E-state index in [1.54, 1.807) is 20.5 Å². The summed E-state index contributed by atoms with van der Waals surface area (Å²) in [5.74, 6) is 2.81. The third kappa shape index (κ3) is 3.25. The second-order valence-electron chi connectivity index (χ2n) is 8.05. The zero-order valence-corrected chi connectivity index (χ0v) is 20.1. The van der Waals surface area contributed by atoms with Crippen LogP contribution in [0.5, 0.6) is 17.2 Å². The van der Waals surface area contributed by atoms with Crippen molar-refractivity contribution in [2.45, 2.75) is 12.1 Å². The number of benzene rings is 3. The number of para-hydroxylation sites is 1. The maximum absolute atomic E-state index is 6.66. The monoisotopic (exact) mass is 516 g/mol. The van der Waals surface area contributed by atoms with Crippen LogP contribution in [-0.2, 0) is 0 Å². The largest absolute Gasteiger partial charge is 0.493 e. The molecular formula is C26H21BrN4O3. The van der Waals surface area contributed by atoms with Gasteiger partial charge in [0, 0.05) is 21.2 Å². The average Bonchev–Trinajstić information content (AvgIpc) is 3.35. The van der Waals surface area contributed by atoms with Crippen LogP contribution < -0.4 is 19.5 Å². The summed E-state index contributed by atoms with van der Waals surface area (Å²) in [6.07, 6.45) is 1.19. The van der Waals surface area contributed by atoms with Crippen LogP contribution in [0.4, 0.5) is 5.95 Å². The summed E-state index contributed by atoms with van der Waals surface area (Å²) in [7, 11) is 3.27. The average molecular weight is 517 g/mol. The smallest absolute Gasteiger partial charge is 0.226 e. The van der Waals surface area contributed by atoms with Crippen molar-refractivity contribution in [3.63, 3.8) is 0 Å². The summed E-state index contributed by atoms with van der Waals surface area (Å²) in [6.45, 7) is 0. The molecular weight excluding hydrogens is 496 g/mol. The fourth-order valence-electron chi connectivity index (χ4n) is 4.67. The molecule has 0 fully saturated rings. The lowest BCUT2D eigenvalue weighted by Crippen LogP contribution is -2.32. The minimum absolute atomic E-state index is 0.215. The van der Waals surface area contributed by atoms with Crippen LogP contribution >= 0.6 is 15.9 Å². The predicted octanol–water partition coefficient (Wildman–Crippen LogP) is 5.62. The van der Waals surface area contributed by atoms with E-state index in [1.165, 1.54) is 0 Å². The van der Waals surface area contributed by atoms with E-state index in [9.17, 15) is 0 Å². The molecule has 0 radical (unpaired) electrons. The van der Waals surface area contributed by atoms with Crippen molar-refractivity contribution in [3.05, 3.63) is 99.8 Å². The maximum atomic E-state index is 6.66. The lowest BCUT2D eigenvalue weighted by atomic mass is 9.84. The molecule has 0 saturated carbocycles. The van der Waals surface area contributed by atoms with Crippen molar-refractivity contribution in [1.82, 2.24) is 14.8 Å². The van der Waals surface area contributed by atoms with Gasteiger partial charge in [-0.15, -0.1) is 0 Å². The van der Waals surface area contributed by atoms with E-state index < -0.39 is 0 Å². The van der Waals surface area contributed by atoms with Crippen molar-refractivity contribution >= 4 is 27.6 Å². The van der Waals surface area contributed by atoms with Gasteiger partial charge >= 0.3 is 0 Å². The van der Waals surface area contributed by atoms with E-state index in [-0.39, 0.29) is 12.1 Å². The van der Waals surface area contributed by atoms with Gasteiger partial charge < -0.3 is 19.5 Å². The van der Waals surface area contributed by atoms with E-state index in [0.717, 1.165) is 38.2 Å². The van der Waals surface area contributed by atoms with Crippen molar-refractivity contribution < 1.29 is 14.2 Å². The SMILES string of the molecule is COc1ccc([C@H]2Oc3ccccc3C3=C2[C@@H](c2ccc(Br)cc2)n2ncnc2N3)cc1OC. The van der Waals surface area contributed by atoms with E-state index >= 15 is 0 Å². The van der Waals surface area contributed by atoms with Gasteiger partial charge in [0.2, 0.25) is 5.95 Å². The molecule has 2 aliphatic heterocycles. The first-order valence-electron chi connectivity index (χ1n) is 10.8. The maximum Gasteiger partial charge on any atom is 0.226 e. The van der Waals surface area contributed by atoms with Crippen molar-refractivity contribution in [3.8, 4) is 17.2 Å². The topological polar surface area (TPSA) is 70.4 Å². The molecule has 0 aliphatic carbocycles. The van der Waals surface area contributed by atoms with E-state index in [1.807, 2.05) is 53.2 Å². The highest BCUT2D eigenvalue weighted by atomic mass is 79.9. The number of anilines is 1. The molecule has 8 heteroatoms. The minimum Gasteiger partial charge on any atom is -0.493 e. The highest BCUT2D eigenvalue weighted by Crippen LogP contribution is 2.51. The molecule has 0 spiro atoms. The fraction of sp³-hybridized carbons (Fsp3) is 0.154. The number of fused-ring (bicyclic) bond motifs is 3. The molecule has 2 atom stereocenters. The van der Waals surface area contributed by atoms with Crippen molar-refractivity contribution in [1.29, 1.82) is 0 Å². The quantitative estimate of drug-likeness (QED) is 0.379. The Kier molecular flexibility index (Phi) is 5.03. The van der Waals surface area contributed by atoms with Crippen LogP contribution in [-0.4, -0.2) is 29.0 Å². The minimum atomic E-state index is -0.386. The van der Waals surface area contributed by atoms with Gasteiger partial charge in [0.15, 0.2) is 11.5 Å². The number of methoxy groups -OCH3 is 2. The lowest BCUT2D eigenvalue weighted by Gasteiger charge is -2.39. The number of nitrogens with zero attached hydrogens (tertiary/aromatic N) is 3. The summed E-state index contributed by atoms with van der Waals surface area (Å²) in [5, 5.41) is 8.09. The Balaban J connectivity index is 1.60. The molecule has 0 unspecified atom stereocenters. The molecule has 2 aliphatic rings. The van der Waals surface area contributed by atoms with Crippen LogP contribution in [0.1, 0.15) is 28.8 Å². The normalized spacial score (nSPS) is 18.2. The van der Waals surface area contributed by atoms with Gasteiger partial charge in [0.25, 0.3) is 0 Å². The zero-order chi connectivity index (χ0) is 23.2. The van der Waals surface area contributed by atoms with Gasteiger partial charge in [-0.2, -0.15) is 10.1 Å². The van der Waals surface area contributed by atoms with Crippen LogP contribution in [0, 0.1) is 0 Å². The molecule has 170 valence electrons. The van der Waals surface area contributed by atoms with Gasteiger partial charge in [-0.25, -0.2) is 4.68 Å². The fourth-order valence-corrected chi connectivity index (χ4v) is 4.94. The molecule has 34 heavy (non-hydrogen) atoms. The van der Waals surface area contributed by atoms with E-state index in [4.69, 9.17) is 14.2 Å². The number of nitrogens with one attached hydrogen (secondary N) is 1. The Morgan fingerprint density at radius 1 is 0.941 bits per heavy atom. The first-order chi connectivity index (χ1) is 16.7. The standard InChI is InChI=1S/C26H21BrN4O3/c1-32-20-12-9-16(13-21(20)33-2)25-22-23(18-5-3-4-6-19(18)34-25)30-26-28-14-29-31(26)24(22)15-7-10-17(27)11-8-15/h3-14,24-25H,1-2H3,(H,28,29,30)/t24-,25-/m1/s1. The molecule has 1 aromatic heterocycles. The molecule has 4 aromatic rings. The second kappa shape index (κ2) is 8.22. The molecule has 3 heterocycles. The Morgan fingerprint density at radius 3 is 2.50 bits per heavy atom. The number of hydrogen-bond donors (Lipinski definition) is 1. The summed E-state index contributed by atoms with van der Waals surface area (Å²) in [4.78, 5) is 4.48. The highest BCUT2D eigenvalue weighted by Gasteiger charge is 2.41. The number of hydrogen-bond acceptors (Lipinski definition) is 6. The zero-order valence-electron chi connectivity index (χ0n) is 18.5. The Labute approximate surface area is 205 Å². The summed E-state index contributed by atoms with van der Waals surface area (Å²) in [5.41, 5.74) is 5.05. The number of rotatable bonds is 4. The lowest BCUT2D eigenvalue weighted by molar-refractivity contribution is 0.222. The van der Waals surface area contributed by atoms with E-state index in [2.05, 4.69) is 49.5 Å². The molecule has 0 saturated heterocycles. The van der Waals surface area contributed by atoms with Gasteiger partial charge in [0.1, 0.15) is 24.2 Å². The summed E-state index contributed by atoms with van der Waals surface area (Å²) in [6, 6.07) is 22.0. The first kappa shape index (κ1) is 20.8. The van der Waals surface area contributed by atoms with Crippen LogP contribution in [0.15, 0.2) is 83.1 Å². The van der Waals surface area contributed by atoms with E-state index in [0.29, 0.717) is 17.4 Å². The third-order valence-electron chi connectivity index (χ3n) is 6.22. The third-order valence-corrected chi connectivity index (χ3v) is 6.75. The summed E-state index contributed by atoms with van der Waals surface area (Å²) < 4.78 is 20.6. The predicted molar refractivity (Wildman–Crippen MR) is 132 cm³/mol. The van der Waals surface area contributed by atoms with Gasteiger partial charge in [-0.3, -0.25) is 0 Å². The van der Waals surface area contributed by atoms with Gasteiger partial charge in [0.05, 0.1) is 19.9 Å².